The van der Waals surface area contributed by atoms with E-state index in [-0.39, 0.29) is 38.6 Å². The molecular formula is C65H123NO8. The van der Waals surface area contributed by atoms with Crippen LogP contribution < -0.4 is 5.11 Å². The first-order valence-corrected chi connectivity index (χ1v) is 32.0. The van der Waals surface area contributed by atoms with E-state index in [1.54, 1.807) is 0 Å². The van der Waals surface area contributed by atoms with Crippen molar-refractivity contribution in [2.45, 2.75) is 328 Å². The third-order valence-electron chi connectivity index (χ3n) is 14.4. The van der Waals surface area contributed by atoms with Gasteiger partial charge in [-0.05, 0) is 57.8 Å². The average Bonchev–Trinajstić information content (AvgIpc) is 3.37. The lowest BCUT2D eigenvalue weighted by Crippen LogP contribution is -2.44. The fourth-order valence-corrected chi connectivity index (χ4v) is 9.48. The van der Waals surface area contributed by atoms with Gasteiger partial charge < -0.3 is 33.3 Å². The molecule has 0 fully saturated rings. The summed E-state index contributed by atoms with van der Waals surface area (Å²) >= 11 is 0. The second-order valence-corrected chi connectivity index (χ2v) is 23.0. The van der Waals surface area contributed by atoms with Crippen LogP contribution in [0.25, 0.3) is 0 Å². The summed E-state index contributed by atoms with van der Waals surface area (Å²) in [7, 11) is 5.92. The van der Waals surface area contributed by atoms with Crippen LogP contribution in [0.15, 0.2) is 24.3 Å². The summed E-state index contributed by atoms with van der Waals surface area (Å²) in [6, 6.07) is 0. The highest BCUT2D eigenvalue weighted by Crippen LogP contribution is 2.18. The number of likely N-dealkylation sites (N-methyl/N-ethyl adjacent to an activating group) is 1. The summed E-state index contributed by atoms with van der Waals surface area (Å²) in [5.41, 5.74) is 0. The first-order valence-electron chi connectivity index (χ1n) is 32.0. The molecule has 0 aromatic rings. The Hall–Kier alpha value is -2.23. The summed E-state index contributed by atoms with van der Waals surface area (Å²) in [5, 5.41) is 11.7. The van der Waals surface area contributed by atoms with E-state index in [9.17, 15) is 19.5 Å². The van der Waals surface area contributed by atoms with Gasteiger partial charge in [0.25, 0.3) is 0 Å². The SMILES string of the molecule is CCC/C=C\CCCCCCCC(=O)OCC(COC(OCC[N+](C)(C)C)C(=O)[O-])OC(=O)CCCCCCCCCCCCCCCCCCCCCCCCCCCCC/C=C\CCCCCCCCCC. The zero-order chi connectivity index (χ0) is 54.1. The van der Waals surface area contributed by atoms with Crippen LogP contribution in [0.5, 0.6) is 0 Å². The van der Waals surface area contributed by atoms with Gasteiger partial charge in [-0.25, -0.2) is 0 Å². The molecule has 0 aliphatic carbocycles. The van der Waals surface area contributed by atoms with Gasteiger partial charge in [0, 0.05) is 12.8 Å². The van der Waals surface area contributed by atoms with Crippen molar-refractivity contribution in [1.82, 2.24) is 0 Å². The number of esters is 2. The molecule has 2 atom stereocenters. The molecule has 0 N–H and O–H groups in total. The molecular weight excluding hydrogens is 923 g/mol. The quantitative estimate of drug-likeness (QED) is 0.0195. The molecule has 0 amide bonds. The van der Waals surface area contributed by atoms with Gasteiger partial charge in [-0.15, -0.1) is 0 Å². The number of quaternary nitrogens is 1. The lowest BCUT2D eigenvalue weighted by Gasteiger charge is -2.26. The zero-order valence-electron chi connectivity index (χ0n) is 49.7. The predicted octanol–water partition coefficient (Wildman–Crippen LogP) is 17.7. The van der Waals surface area contributed by atoms with E-state index in [0.29, 0.717) is 11.0 Å². The van der Waals surface area contributed by atoms with E-state index in [2.05, 4.69) is 38.2 Å². The topological polar surface area (TPSA) is 111 Å². The highest BCUT2D eigenvalue weighted by Gasteiger charge is 2.22. The van der Waals surface area contributed by atoms with Crippen LogP contribution in [0.4, 0.5) is 0 Å². The van der Waals surface area contributed by atoms with Gasteiger partial charge in [0.2, 0.25) is 0 Å². The lowest BCUT2D eigenvalue weighted by molar-refractivity contribution is -0.870. The predicted molar refractivity (Wildman–Crippen MR) is 311 cm³/mol. The van der Waals surface area contributed by atoms with E-state index in [4.69, 9.17) is 18.9 Å². The van der Waals surface area contributed by atoms with Crippen LogP contribution in [0.2, 0.25) is 0 Å². The molecule has 0 heterocycles. The van der Waals surface area contributed by atoms with Crippen molar-refractivity contribution in [1.29, 1.82) is 0 Å². The number of carboxylic acids is 1. The van der Waals surface area contributed by atoms with Crippen LogP contribution in [0.1, 0.15) is 316 Å². The minimum absolute atomic E-state index is 0.149. The van der Waals surface area contributed by atoms with E-state index < -0.39 is 24.3 Å². The number of carboxylic acid groups (broad SMARTS) is 1. The Morgan fingerprint density at radius 1 is 0.392 bits per heavy atom. The standard InChI is InChI=1S/C65H123NO8/c1-6-8-10-12-14-16-18-19-20-21-22-23-24-25-26-27-28-29-30-31-32-33-34-35-36-37-38-39-40-41-42-43-44-45-46-48-50-52-54-56-63(68)74-61(60-73-65(64(69)70)71-58-57-66(3,4)5)59-72-62(67)55-53-51-49-47-17-15-13-11-9-7-2/h11,13,21-22,61,65H,6-10,12,14-20,23-60H2,1-5H3/b13-11-,22-21-. The number of hydrogen-bond acceptors (Lipinski definition) is 8. The first kappa shape index (κ1) is 71.8. The van der Waals surface area contributed by atoms with Crippen molar-refractivity contribution in [3.8, 4) is 0 Å². The van der Waals surface area contributed by atoms with Crippen molar-refractivity contribution in [3.05, 3.63) is 24.3 Å². The van der Waals surface area contributed by atoms with Gasteiger partial charge in [-0.3, -0.25) is 9.59 Å². The Balaban J connectivity index is 3.85. The maximum absolute atomic E-state index is 12.8. The van der Waals surface area contributed by atoms with Gasteiger partial charge in [0.05, 0.1) is 40.3 Å². The number of unbranched alkanes of at least 4 members (excludes halogenated alkanes) is 41. The third-order valence-corrected chi connectivity index (χ3v) is 14.4. The number of ether oxygens (including phenoxy) is 4. The smallest absolute Gasteiger partial charge is 0.306 e. The van der Waals surface area contributed by atoms with E-state index >= 15 is 0 Å². The van der Waals surface area contributed by atoms with Gasteiger partial charge in [-0.1, -0.05) is 269 Å². The Kier molecular flexibility index (Phi) is 55.2. The normalized spacial score (nSPS) is 12.8. The molecule has 0 saturated carbocycles. The number of hydrogen-bond donors (Lipinski definition) is 0. The number of rotatable bonds is 60. The highest BCUT2D eigenvalue weighted by molar-refractivity contribution is 5.70. The Morgan fingerprint density at radius 3 is 1.05 bits per heavy atom. The fourth-order valence-electron chi connectivity index (χ4n) is 9.48. The van der Waals surface area contributed by atoms with Crippen molar-refractivity contribution in [2.24, 2.45) is 0 Å². The van der Waals surface area contributed by atoms with Crippen molar-refractivity contribution >= 4 is 17.9 Å². The number of allylic oxidation sites excluding steroid dienone is 4. The van der Waals surface area contributed by atoms with Crippen LogP contribution in [0, 0.1) is 0 Å². The summed E-state index contributed by atoms with van der Waals surface area (Å²) in [6.45, 7) is 4.71. The Morgan fingerprint density at radius 2 is 0.716 bits per heavy atom. The Labute approximate surface area is 458 Å². The Bertz CT molecular complexity index is 1260. The maximum Gasteiger partial charge on any atom is 0.306 e. The van der Waals surface area contributed by atoms with Crippen molar-refractivity contribution < 1.29 is 42.9 Å². The minimum atomic E-state index is -1.62. The third kappa shape index (κ3) is 57.5. The van der Waals surface area contributed by atoms with E-state index in [1.165, 1.54) is 225 Å². The van der Waals surface area contributed by atoms with Crippen LogP contribution in [0.3, 0.4) is 0 Å². The monoisotopic (exact) mass is 1050 g/mol. The van der Waals surface area contributed by atoms with Gasteiger partial charge in [-0.2, -0.15) is 0 Å². The molecule has 0 aromatic carbocycles. The largest absolute Gasteiger partial charge is 0.545 e. The second-order valence-electron chi connectivity index (χ2n) is 23.0. The summed E-state index contributed by atoms with van der Waals surface area (Å²) in [6.07, 6.45) is 65.8. The van der Waals surface area contributed by atoms with Crippen LogP contribution >= 0.6 is 0 Å². The molecule has 0 rings (SSSR count). The first-order chi connectivity index (χ1) is 36.1. The fraction of sp³-hybridized carbons (Fsp3) is 0.892. The second kappa shape index (κ2) is 57.0. The van der Waals surface area contributed by atoms with Crippen molar-refractivity contribution in [3.63, 3.8) is 0 Å². The molecule has 0 aliphatic rings. The number of carbonyl (C=O) groups excluding carboxylic acids is 3. The van der Waals surface area contributed by atoms with Crippen molar-refractivity contribution in [2.75, 3.05) is 47.5 Å². The molecule has 0 aromatic heterocycles. The molecule has 2 unspecified atom stereocenters. The minimum Gasteiger partial charge on any atom is -0.545 e. The molecule has 436 valence electrons. The molecule has 9 nitrogen and oxygen atoms in total. The molecule has 0 bridgehead atoms. The maximum atomic E-state index is 12.8. The van der Waals surface area contributed by atoms with Crippen LogP contribution in [-0.4, -0.2) is 82.3 Å². The van der Waals surface area contributed by atoms with Gasteiger partial charge >= 0.3 is 11.9 Å². The number of carbonyl (C=O) groups is 3. The highest BCUT2D eigenvalue weighted by atomic mass is 16.7. The van der Waals surface area contributed by atoms with E-state index in [0.717, 1.165) is 64.2 Å². The van der Waals surface area contributed by atoms with Gasteiger partial charge in [0.15, 0.2) is 12.4 Å². The molecule has 74 heavy (non-hydrogen) atoms. The van der Waals surface area contributed by atoms with Crippen LogP contribution in [-0.2, 0) is 33.3 Å². The zero-order valence-corrected chi connectivity index (χ0v) is 49.7. The molecule has 0 saturated heterocycles. The molecule has 0 aliphatic heterocycles. The number of aliphatic carboxylic acids is 1. The average molecular weight is 1050 g/mol. The molecule has 0 spiro atoms. The molecule has 0 radical (unpaired) electrons. The van der Waals surface area contributed by atoms with E-state index in [1.807, 2.05) is 21.1 Å². The molecule has 9 heteroatoms. The summed E-state index contributed by atoms with van der Waals surface area (Å²) in [5.74, 6) is -2.28. The van der Waals surface area contributed by atoms with Gasteiger partial charge in [0.1, 0.15) is 13.2 Å². The number of nitrogens with zero attached hydrogens (tertiary/aromatic N) is 1. The summed E-state index contributed by atoms with van der Waals surface area (Å²) in [4.78, 5) is 37.1. The summed E-state index contributed by atoms with van der Waals surface area (Å²) < 4.78 is 22.6. The lowest BCUT2D eigenvalue weighted by atomic mass is 10.0.